The minimum absolute atomic E-state index is 0.324. The minimum atomic E-state index is -4.41. The Balaban J connectivity index is 2.05. The number of hydrogen-bond donors (Lipinski definition) is 3. The van der Waals surface area contributed by atoms with Crippen LogP contribution >= 0.6 is 0 Å². The Kier molecular flexibility index (Phi) is 5.38. The lowest BCUT2D eigenvalue weighted by Crippen LogP contribution is -2.45. The molecule has 1 aromatic rings. The van der Waals surface area contributed by atoms with E-state index in [0.29, 0.717) is 24.2 Å². The van der Waals surface area contributed by atoms with Crippen LogP contribution < -0.4 is 11.1 Å². The molecule has 0 atom stereocenters. The zero-order valence-corrected chi connectivity index (χ0v) is 13.1. The zero-order chi connectivity index (χ0) is 16.2. The molecule has 2 rings (SSSR count). The number of anilines is 2. The van der Waals surface area contributed by atoms with Gasteiger partial charge in [0.05, 0.1) is 6.54 Å². The van der Waals surface area contributed by atoms with Crippen molar-refractivity contribution in [2.45, 2.75) is 38.1 Å². The van der Waals surface area contributed by atoms with Crippen LogP contribution in [0.2, 0.25) is 0 Å². The van der Waals surface area contributed by atoms with E-state index in [-0.39, 0.29) is 6.04 Å². The van der Waals surface area contributed by atoms with Crippen molar-refractivity contribution in [1.29, 1.82) is 0 Å². The van der Waals surface area contributed by atoms with Gasteiger partial charge < -0.3 is 11.1 Å². The van der Waals surface area contributed by atoms with Gasteiger partial charge in [-0.1, -0.05) is 25.3 Å². The van der Waals surface area contributed by atoms with Crippen LogP contribution in [0.25, 0.3) is 0 Å². The maximum Gasteiger partial charge on any atom is 0.336 e. The maximum atomic E-state index is 12.1. The standard InChI is InChI=1S/C14H21N3O4S/c15-11-5-4-6-12(9-11)16-14(18)10-17(22(19,20)21)13-7-2-1-3-8-13/h4-6,9,13H,1-3,7-8,10,15H2,(H,16,18)(H,19,20,21). The second-order valence-electron chi connectivity index (χ2n) is 5.49. The van der Waals surface area contributed by atoms with E-state index >= 15 is 0 Å². The van der Waals surface area contributed by atoms with Crippen LogP contribution in [0.15, 0.2) is 24.3 Å². The summed E-state index contributed by atoms with van der Waals surface area (Å²) in [5.41, 5.74) is 6.61. The number of nitrogens with zero attached hydrogens (tertiary/aromatic N) is 1. The summed E-state index contributed by atoms with van der Waals surface area (Å²) in [4.78, 5) is 12.1. The molecule has 0 saturated heterocycles. The number of benzene rings is 1. The predicted molar refractivity (Wildman–Crippen MR) is 84.6 cm³/mol. The molecule has 7 nitrogen and oxygen atoms in total. The van der Waals surface area contributed by atoms with Crippen LogP contribution in [0.3, 0.4) is 0 Å². The monoisotopic (exact) mass is 327 g/mol. The van der Waals surface area contributed by atoms with Crippen molar-refractivity contribution >= 4 is 27.6 Å². The lowest BCUT2D eigenvalue weighted by molar-refractivity contribution is -0.116. The molecule has 1 aliphatic rings. The third-order valence-electron chi connectivity index (χ3n) is 3.75. The molecule has 0 unspecified atom stereocenters. The van der Waals surface area contributed by atoms with Crippen LogP contribution in [0.1, 0.15) is 32.1 Å². The molecule has 0 aliphatic heterocycles. The zero-order valence-electron chi connectivity index (χ0n) is 12.2. The molecule has 0 radical (unpaired) electrons. The van der Waals surface area contributed by atoms with Crippen molar-refractivity contribution in [1.82, 2.24) is 4.31 Å². The summed E-state index contributed by atoms with van der Waals surface area (Å²) in [6.07, 6.45) is 4.16. The van der Waals surface area contributed by atoms with Crippen LogP contribution in [0, 0.1) is 0 Å². The lowest BCUT2D eigenvalue weighted by atomic mass is 9.95. The van der Waals surface area contributed by atoms with Gasteiger partial charge in [0.1, 0.15) is 0 Å². The first kappa shape index (κ1) is 16.7. The number of carbonyl (C=O) groups excluding carboxylic acids is 1. The highest BCUT2D eigenvalue weighted by molar-refractivity contribution is 7.83. The van der Waals surface area contributed by atoms with Gasteiger partial charge in [0.2, 0.25) is 5.91 Å². The molecule has 4 N–H and O–H groups in total. The first-order valence-corrected chi connectivity index (χ1v) is 8.65. The molecular formula is C14H21N3O4S. The number of rotatable bonds is 5. The predicted octanol–water partition coefficient (Wildman–Crippen LogP) is 1.64. The van der Waals surface area contributed by atoms with Gasteiger partial charge in [0.15, 0.2) is 0 Å². The van der Waals surface area contributed by atoms with E-state index < -0.39 is 22.8 Å². The number of amides is 1. The van der Waals surface area contributed by atoms with Crippen molar-refractivity contribution in [3.05, 3.63) is 24.3 Å². The smallest absolute Gasteiger partial charge is 0.336 e. The van der Waals surface area contributed by atoms with Gasteiger partial charge in [-0.15, -0.1) is 0 Å². The van der Waals surface area contributed by atoms with Gasteiger partial charge in [0, 0.05) is 17.4 Å². The Labute approximate surface area is 130 Å². The first-order chi connectivity index (χ1) is 10.4. The number of nitrogens with one attached hydrogen (secondary N) is 1. The summed E-state index contributed by atoms with van der Waals surface area (Å²) in [6, 6.07) is 6.29. The Morgan fingerprint density at radius 1 is 1.32 bits per heavy atom. The summed E-state index contributed by atoms with van der Waals surface area (Å²) in [5, 5.41) is 2.59. The normalized spacial score (nSPS) is 16.6. The molecule has 1 fully saturated rings. The molecule has 1 amide bonds. The van der Waals surface area contributed by atoms with E-state index in [0.717, 1.165) is 23.6 Å². The van der Waals surface area contributed by atoms with Crippen molar-refractivity contribution in [2.75, 3.05) is 17.6 Å². The van der Waals surface area contributed by atoms with Crippen LogP contribution in [-0.2, 0) is 15.1 Å². The second kappa shape index (κ2) is 7.08. The van der Waals surface area contributed by atoms with E-state index in [4.69, 9.17) is 5.73 Å². The summed E-state index contributed by atoms with van der Waals surface area (Å²) in [5.74, 6) is -0.506. The van der Waals surface area contributed by atoms with Crippen molar-refractivity contribution in [2.24, 2.45) is 0 Å². The van der Waals surface area contributed by atoms with E-state index in [1.54, 1.807) is 24.3 Å². The third-order valence-corrected chi connectivity index (χ3v) is 4.77. The highest BCUT2D eigenvalue weighted by atomic mass is 32.2. The van der Waals surface area contributed by atoms with Gasteiger partial charge in [-0.3, -0.25) is 9.35 Å². The van der Waals surface area contributed by atoms with E-state index in [2.05, 4.69) is 5.32 Å². The minimum Gasteiger partial charge on any atom is -0.399 e. The number of hydrogen-bond acceptors (Lipinski definition) is 4. The quantitative estimate of drug-likeness (QED) is 0.562. The fourth-order valence-electron chi connectivity index (χ4n) is 2.73. The molecule has 0 aromatic heterocycles. The number of carbonyl (C=O) groups is 1. The summed E-state index contributed by atoms with van der Waals surface area (Å²) < 4.78 is 33.4. The Morgan fingerprint density at radius 3 is 2.59 bits per heavy atom. The number of nitrogen functional groups attached to an aromatic ring is 1. The van der Waals surface area contributed by atoms with Crippen LogP contribution in [0.4, 0.5) is 11.4 Å². The van der Waals surface area contributed by atoms with Crippen LogP contribution in [0.5, 0.6) is 0 Å². The fraction of sp³-hybridized carbons (Fsp3) is 0.500. The first-order valence-electron chi connectivity index (χ1n) is 7.26. The number of nitrogens with two attached hydrogens (primary N) is 1. The molecule has 0 heterocycles. The van der Waals surface area contributed by atoms with Crippen molar-refractivity contribution < 1.29 is 17.8 Å². The SMILES string of the molecule is Nc1cccc(NC(=O)CN(C2CCCCC2)S(=O)(=O)O)c1. The largest absolute Gasteiger partial charge is 0.399 e. The molecule has 1 aliphatic carbocycles. The molecule has 22 heavy (non-hydrogen) atoms. The van der Waals surface area contributed by atoms with E-state index in [1.165, 1.54) is 0 Å². The Bertz CT molecular complexity index is 627. The van der Waals surface area contributed by atoms with Gasteiger partial charge in [-0.05, 0) is 31.0 Å². The Morgan fingerprint density at radius 2 is 2.00 bits per heavy atom. The van der Waals surface area contributed by atoms with E-state index in [1.807, 2.05) is 0 Å². The fourth-order valence-corrected chi connectivity index (χ4v) is 3.59. The molecule has 0 bridgehead atoms. The average Bonchev–Trinajstić information content (AvgIpc) is 2.44. The van der Waals surface area contributed by atoms with Crippen LogP contribution in [-0.4, -0.2) is 35.8 Å². The molecule has 122 valence electrons. The summed E-state index contributed by atoms with van der Waals surface area (Å²) in [6.45, 7) is -0.404. The van der Waals surface area contributed by atoms with Crippen molar-refractivity contribution in [3.8, 4) is 0 Å². The van der Waals surface area contributed by atoms with Gasteiger partial charge >= 0.3 is 10.3 Å². The molecule has 8 heteroatoms. The average molecular weight is 327 g/mol. The van der Waals surface area contributed by atoms with E-state index in [9.17, 15) is 17.8 Å². The summed E-state index contributed by atoms with van der Waals surface area (Å²) in [7, 11) is -4.41. The topological polar surface area (TPSA) is 113 Å². The highest BCUT2D eigenvalue weighted by Crippen LogP contribution is 2.24. The molecule has 0 spiro atoms. The van der Waals surface area contributed by atoms with Gasteiger partial charge in [-0.25, -0.2) is 0 Å². The Hall–Kier alpha value is -1.64. The van der Waals surface area contributed by atoms with Gasteiger partial charge in [-0.2, -0.15) is 12.7 Å². The second-order valence-corrected chi connectivity index (χ2v) is 6.85. The molecular weight excluding hydrogens is 306 g/mol. The highest BCUT2D eigenvalue weighted by Gasteiger charge is 2.31. The lowest BCUT2D eigenvalue weighted by Gasteiger charge is -2.30. The molecule has 1 aromatic carbocycles. The van der Waals surface area contributed by atoms with Crippen molar-refractivity contribution in [3.63, 3.8) is 0 Å². The third kappa shape index (κ3) is 4.69. The maximum absolute atomic E-state index is 12.1. The van der Waals surface area contributed by atoms with Gasteiger partial charge in [0.25, 0.3) is 0 Å². The molecule has 1 saturated carbocycles. The summed E-state index contributed by atoms with van der Waals surface area (Å²) >= 11 is 0.